The highest BCUT2D eigenvalue weighted by molar-refractivity contribution is 9.11. The number of methoxy groups -OCH3 is 2. The summed E-state index contributed by atoms with van der Waals surface area (Å²) in [6.45, 7) is 26.3. The van der Waals surface area contributed by atoms with Gasteiger partial charge in [-0.05, 0) is 131 Å². The predicted molar refractivity (Wildman–Crippen MR) is 540 cm³/mol. The number of hydrogen-bond acceptors (Lipinski definition) is 27. The van der Waals surface area contributed by atoms with Crippen LogP contribution in [0.5, 0.6) is 17.2 Å². The Morgan fingerprint density at radius 1 is 0.489 bits per heavy atom. The number of carbonyl (C=O) groups excluding carboxylic acids is 9. The lowest BCUT2D eigenvalue weighted by Crippen LogP contribution is -2.47. The van der Waals surface area contributed by atoms with Crippen LogP contribution in [0.3, 0.4) is 0 Å². The second-order valence-corrected chi connectivity index (χ2v) is 38.5. The van der Waals surface area contributed by atoms with Crippen LogP contribution in [-0.4, -0.2) is 182 Å². The molecule has 0 bridgehead atoms. The lowest BCUT2D eigenvalue weighted by Gasteiger charge is -2.22. The van der Waals surface area contributed by atoms with Gasteiger partial charge in [0.2, 0.25) is 40.7 Å². The zero-order valence-electron chi connectivity index (χ0n) is 79.4. The summed E-state index contributed by atoms with van der Waals surface area (Å²) in [4.78, 5) is 142. The SMILES string of the molecule is C=C(Br)C[C@H](NC(=O)OC(C)(C)C)C(=O)OC.CC(C)(C)OC(=O)N[C@@H](Cc1csc(-c2ccccc2)n1)C(=O)O.CC(C)Oc1ccc(C(=O)Oc2c(F)c(F)c(F)c(F)c2F)cc1Cl.CNC(=O)[C@H](Cc1csc(-c2ccccc2)n1)NC(=O)c1ccc(OC(C)C)c(Cl)c1.COC(=O)[C@H](CC(=O)CBr)NC(=O)OC(C)(C)C.NC(=S)c1ccccc1.N[C@@H](Cc1csc(-c2ccccc2)n1)C(=O)O. The molecule has 7 aromatic carbocycles. The van der Waals surface area contributed by atoms with Gasteiger partial charge in [-0.3, -0.25) is 19.2 Å². The van der Waals surface area contributed by atoms with Gasteiger partial charge in [0, 0.05) is 83.1 Å². The maximum absolute atomic E-state index is 13.5. The van der Waals surface area contributed by atoms with E-state index in [4.69, 9.17) is 75.7 Å². The third-order valence-electron chi connectivity index (χ3n) is 17.0. The zero-order chi connectivity index (χ0) is 106. The normalized spacial score (nSPS) is 11.8. The van der Waals surface area contributed by atoms with Gasteiger partial charge >= 0.3 is 48.1 Å². The Bertz CT molecular complexity index is 5840. The lowest BCUT2D eigenvalue weighted by atomic mass is 10.1. The Morgan fingerprint density at radius 3 is 1.16 bits per heavy atom. The Hall–Kier alpha value is -12.4. The highest BCUT2D eigenvalue weighted by atomic mass is 79.9. The van der Waals surface area contributed by atoms with E-state index in [9.17, 15) is 79.8 Å². The number of thiocarbonyl (C=S) groups is 1. The molecular weight excluding hydrogens is 2100 g/mol. The van der Waals surface area contributed by atoms with Crippen LogP contribution in [0.15, 0.2) is 185 Å². The average Bonchev–Trinajstić information content (AvgIpc) is 1.34. The van der Waals surface area contributed by atoms with Crippen molar-refractivity contribution in [2.24, 2.45) is 11.5 Å². The number of benzene rings is 7. The Balaban J connectivity index is 0.000000351. The Morgan fingerprint density at radius 2 is 0.837 bits per heavy atom. The van der Waals surface area contributed by atoms with Gasteiger partial charge in [0.1, 0.15) is 84.3 Å². The highest BCUT2D eigenvalue weighted by Gasteiger charge is 2.33. The molecule has 0 radical (unpaired) electrons. The number of hydrogen-bond donors (Lipinski definition) is 9. The summed E-state index contributed by atoms with van der Waals surface area (Å²) in [7, 11) is 3.97. The number of aromatic nitrogens is 3. The van der Waals surface area contributed by atoms with E-state index in [0.29, 0.717) is 31.5 Å². The first kappa shape index (κ1) is 121. The largest absolute Gasteiger partial charge is 0.489 e. The van der Waals surface area contributed by atoms with Gasteiger partial charge < -0.3 is 86.2 Å². The van der Waals surface area contributed by atoms with Crippen LogP contribution < -0.4 is 52.3 Å². The van der Waals surface area contributed by atoms with Gasteiger partial charge in [0.25, 0.3) is 5.91 Å². The van der Waals surface area contributed by atoms with E-state index in [1.807, 2.05) is 146 Å². The number of thiazole rings is 3. The standard InChI is InChI=1S/C23H24ClN3O3S.C17H20N2O4S.C16H10ClF5O3.C12H12N2O2S.C11H18BrNO5.C11H18BrNO4.C7H7NS/c1-14(2)30-20-10-9-16(11-18(20)24)21(28)27-19(22(29)25-3)12-17-13-31-23(26-17)15-7-5-4-6-8-15;1-17(2,3)23-16(22)19-13(15(20)21)9-12-10-24-14(18-12)11-7-5-4-6-8-11;1-6(2)24-9-4-3-7(5-8(9)17)16(23)25-15-13(21)11(19)10(18)12(20)14(15)22;13-10(12(15)16)6-9-7-17-11(14-9)8-4-2-1-3-5-8;1-11(2,3)18-10(16)13-8(9(15)17-4)5-7(14)6-12;1-7(12)6-8(9(14)16-5)13-10(15)17-11(2,3)4;8-7(9)6-4-2-1-3-5-6/h4-11,13-14,19H,12H2,1-3H3,(H,25,29)(H,27,28);4-8,10,13H,9H2,1-3H3,(H,19,22)(H,20,21);3-6H,1-2H3;1-5,7,10H,6,13H2,(H,15,16);8H,5-6H2,1-4H3,(H,13,16);8H,1,6H2,2-5H3,(H,13,15);1-5H,(H2,8,9)/t19-;13-;;10-;2*8-;/m00.000./s1. The molecule has 10 aromatic rings. The number of ether oxygens (including phenoxy) is 8. The van der Waals surface area contributed by atoms with Crippen molar-refractivity contribution in [3.8, 4) is 49.0 Å². The molecule has 5 amide bonds. The third-order valence-corrected chi connectivity index (χ3v) is 21.6. The minimum Gasteiger partial charge on any atom is -0.489 e. The molecule has 5 atom stereocenters. The maximum atomic E-state index is 13.5. The minimum atomic E-state index is -2.35. The molecule has 0 unspecified atom stereocenters. The Kier molecular flexibility index (Phi) is 50.9. The van der Waals surface area contributed by atoms with E-state index in [0.717, 1.165) is 60.8 Å². The van der Waals surface area contributed by atoms with Crippen molar-refractivity contribution >= 4 is 172 Å². The van der Waals surface area contributed by atoms with E-state index in [1.54, 1.807) is 93.7 Å². The van der Waals surface area contributed by atoms with E-state index in [1.165, 1.54) is 67.4 Å². The smallest absolute Gasteiger partial charge is 0.408 e. The number of nitrogens with zero attached hydrogens (tertiary/aromatic N) is 3. The van der Waals surface area contributed by atoms with Crippen molar-refractivity contribution in [3.63, 3.8) is 0 Å². The zero-order valence-corrected chi connectivity index (χ0v) is 87.4. The molecule has 11 N–H and O–H groups in total. The molecule has 0 saturated heterocycles. The summed E-state index contributed by atoms with van der Waals surface area (Å²) in [6, 6.07) is 42.5. The first-order chi connectivity index (χ1) is 66.1. The number of halogens is 9. The van der Waals surface area contributed by atoms with Gasteiger partial charge in [-0.2, -0.15) is 8.78 Å². The third kappa shape index (κ3) is 44.9. The molecule has 760 valence electrons. The summed E-state index contributed by atoms with van der Waals surface area (Å²) in [5, 5.41) is 39.1. The van der Waals surface area contributed by atoms with Gasteiger partial charge in [0.05, 0.1) is 64.4 Å². The first-order valence-corrected chi connectivity index (χ1v) is 48.1. The summed E-state index contributed by atoms with van der Waals surface area (Å²) in [6.07, 6.45) is -1.69. The monoisotopic (exact) mass is 2200 g/mol. The number of likely N-dealkylation sites (N-methyl/N-ethyl adjacent to an activating group) is 1. The van der Waals surface area contributed by atoms with Crippen molar-refractivity contribution in [2.75, 3.05) is 26.6 Å². The van der Waals surface area contributed by atoms with Crippen LogP contribution in [-0.2, 0) is 71.7 Å². The molecule has 141 heavy (non-hydrogen) atoms. The number of carboxylic acids is 2. The number of carbonyl (C=O) groups is 11. The molecule has 0 spiro atoms. The quantitative estimate of drug-likeness (QED) is 0.00285. The van der Waals surface area contributed by atoms with Gasteiger partial charge in [-0.15, -0.1) is 34.0 Å². The van der Waals surface area contributed by atoms with Crippen LogP contribution >= 0.6 is 101 Å². The number of rotatable bonds is 31. The number of alkyl halides is 1. The number of Topliss-reactive ketones (excluding diaryl/α,β-unsaturated/α-hetero) is 1. The van der Waals surface area contributed by atoms with Crippen LogP contribution in [0.1, 0.15) is 146 Å². The lowest BCUT2D eigenvalue weighted by molar-refractivity contribution is -0.144. The first-order valence-electron chi connectivity index (χ1n) is 42.4. The molecule has 3 heterocycles. The molecule has 0 aliphatic rings. The number of aliphatic carboxylic acids is 2. The fraction of sp³-hybridized carbons (Fsp3) is 0.330. The van der Waals surface area contributed by atoms with Crippen molar-refractivity contribution in [2.45, 2.75) is 181 Å². The number of nitrogens with one attached hydrogen (secondary N) is 5. The number of carboxylic acid groups (broad SMARTS) is 2. The van der Waals surface area contributed by atoms with Crippen LogP contribution in [0, 0.1) is 29.1 Å². The minimum absolute atomic E-state index is 0.000520. The molecule has 3 aromatic heterocycles. The number of ketones is 1. The van der Waals surface area contributed by atoms with Crippen molar-refractivity contribution in [1.82, 2.24) is 41.5 Å². The molecule has 31 nitrogen and oxygen atoms in total. The topological polar surface area (TPSA) is 453 Å². The number of nitrogens with two attached hydrogens (primary N) is 2. The number of amides is 5. The summed E-state index contributed by atoms with van der Waals surface area (Å²) in [5.41, 5.74) is 14.9. The Labute approximate surface area is 856 Å². The van der Waals surface area contributed by atoms with E-state index < -0.39 is 136 Å². The van der Waals surface area contributed by atoms with Gasteiger partial charge in [-0.25, -0.2) is 61.7 Å². The summed E-state index contributed by atoms with van der Waals surface area (Å²) < 4.78 is 106. The fourth-order valence-electron chi connectivity index (χ4n) is 10.8. The molecular formula is C97H109Br2Cl2F5N10O21S4. The summed E-state index contributed by atoms with van der Waals surface area (Å²) >= 11 is 27.4. The summed E-state index contributed by atoms with van der Waals surface area (Å²) in [5.74, 6) is -17.9. The molecule has 10 rings (SSSR count). The van der Waals surface area contributed by atoms with Crippen molar-refractivity contribution in [3.05, 3.63) is 258 Å². The number of esters is 3. The second-order valence-electron chi connectivity index (χ2n) is 32.9. The van der Waals surface area contributed by atoms with E-state index in [2.05, 4.69) is 94.2 Å². The molecule has 0 saturated carbocycles. The second kappa shape index (κ2) is 59.4. The molecule has 44 heteroatoms. The fourth-order valence-corrected chi connectivity index (χ4v) is 14.5. The number of alkyl carbamates (subject to hydrolysis) is 3. The predicted octanol–water partition coefficient (Wildman–Crippen LogP) is 19.6. The molecule has 0 aliphatic heterocycles. The van der Waals surface area contributed by atoms with Crippen LogP contribution in [0.4, 0.5) is 36.3 Å². The van der Waals surface area contributed by atoms with E-state index >= 15 is 0 Å². The van der Waals surface area contributed by atoms with Crippen LogP contribution in [0.2, 0.25) is 10.0 Å². The van der Waals surface area contributed by atoms with Crippen molar-refractivity contribution < 1.29 is 123 Å². The van der Waals surface area contributed by atoms with Gasteiger partial charge in [0.15, 0.2) is 0 Å². The van der Waals surface area contributed by atoms with Crippen molar-refractivity contribution in [1.29, 1.82) is 0 Å². The van der Waals surface area contributed by atoms with Crippen LogP contribution in [0.25, 0.3) is 31.7 Å². The maximum Gasteiger partial charge on any atom is 0.408 e. The van der Waals surface area contributed by atoms with E-state index in [-0.39, 0.29) is 77.7 Å². The van der Waals surface area contributed by atoms with Gasteiger partial charge in [-0.1, -0.05) is 195 Å². The molecule has 0 fully saturated rings. The highest BCUT2D eigenvalue weighted by Crippen LogP contribution is 2.34. The molecule has 0 aliphatic carbocycles. The average molecular weight is 2200 g/mol.